The van der Waals surface area contributed by atoms with Crippen LogP contribution in [0.2, 0.25) is 0 Å². The molecule has 2 rings (SSSR count). The average Bonchev–Trinajstić information content (AvgIpc) is 2.82. The Morgan fingerprint density at radius 1 is 0.882 bits per heavy atom. The predicted octanol–water partition coefficient (Wildman–Crippen LogP) is 3.47. The topological polar surface area (TPSA) is 17.8 Å². The van der Waals surface area contributed by atoms with Crippen molar-refractivity contribution < 1.29 is 0 Å². The SMILES string of the molecule is Cc1c(C)c(C)c(Cn2cccn2)c(C)c1C. The van der Waals surface area contributed by atoms with E-state index in [0.29, 0.717) is 0 Å². The van der Waals surface area contributed by atoms with Crippen LogP contribution in [0.1, 0.15) is 33.4 Å². The Kier molecular flexibility index (Phi) is 3.05. The molecule has 0 saturated heterocycles. The van der Waals surface area contributed by atoms with Gasteiger partial charge in [0.25, 0.3) is 0 Å². The summed E-state index contributed by atoms with van der Waals surface area (Å²) in [6.45, 7) is 11.9. The van der Waals surface area contributed by atoms with E-state index in [4.69, 9.17) is 0 Å². The summed E-state index contributed by atoms with van der Waals surface area (Å²) in [5.74, 6) is 0. The third-order valence-corrected chi connectivity index (χ3v) is 4.03. The number of nitrogens with zero attached hydrogens (tertiary/aromatic N) is 2. The van der Waals surface area contributed by atoms with E-state index < -0.39 is 0 Å². The summed E-state index contributed by atoms with van der Waals surface area (Å²) in [6.07, 6.45) is 3.85. The Labute approximate surface area is 103 Å². The molecule has 0 radical (unpaired) electrons. The van der Waals surface area contributed by atoms with Gasteiger partial charge in [-0.15, -0.1) is 0 Å². The number of hydrogen-bond acceptors (Lipinski definition) is 1. The molecule has 0 fully saturated rings. The molecule has 0 aliphatic heterocycles. The molecule has 1 aromatic heterocycles. The highest BCUT2D eigenvalue weighted by molar-refractivity contribution is 5.49. The molecule has 0 saturated carbocycles. The van der Waals surface area contributed by atoms with Gasteiger partial charge < -0.3 is 0 Å². The van der Waals surface area contributed by atoms with Crippen molar-refractivity contribution in [1.29, 1.82) is 0 Å². The van der Waals surface area contributed by atoms with Gasteiger partial charge in [-0.3, -0.25) is 4.68 Å². The Bertz CT molecular complexity index is 508. The summed E-state index contributed by atoms with van der Waals surface area (Å²) in [7, 11) is 0. The first-order valence-electron chi connectivity index (χ1n) is 6.05. The van der Waals surface area contributed by atoms with Crippen LogP contribution in [0.15, 0.2) is 18.5 Å². The second-order valence-electron chi connectivity index (χ2n) is 4.81. The highest BCUT2D eigenvalue weighted by Crippen LogP contribution is 2.26. The Balaban J connectivity index is 2.54. The fourth-order valence-electron chi connectivity index (χ4n) is 2.37. The molecule has 0 unspecified atom stereocenters. The van der Waals surface area contributed by atoms with E-state index >= 15 is 0 Å². The zero-order valence-corrected chi connectivity index (χ0v) is 11.3. The minimum absolute atomic E-state index is 0.868. The summed E-state index contributed by atoms with van der Waals surface area (Å²) in [6, 6.07) is 1.97. The molecule has 0 spiro atoms. The van der Waals surface area contributed by atoms with Gasteiger partial charge in [0.2, 0.25) is 0 Å². The Hall–Kier alpha value is -1.57. The summed E-state index contributed by atoms with van der Waals surface area (Å²) < 4.78 is 1.99. The molecule has 0 atom stereocenters. The van der Waals surface area contributed by atoms with Crippen molar-refractivity contribution in [1.82, 2.24) is 9.78 Å². The van der Waals surface area contributed by atoms with E-state index in [1.807, 2.05) is 23.1 Å². The van der Waals surface area contributed by atoms with E-state index in [1.54, 1.807) is 0 Å². The fraction of sp³-hybridized carbons (Fsp3) is 0.400. The minimum atomic E-state index is 0.868. The number of benzene rings is 1. The maximum Gasteiger partial charge on any atom is 0.0664 e. The van der Waals surface area contributed by atoms with Crippen molar-refractivity contribution in [3.8, 4) is 0 Å². The van der Waals surface area contributed by atoms with Gasteiger partial charge in [-0.1, -0.05) is 0 Å². The first-order chi connectivity index (χ1) is 8.02. The van der Waals surface area contributed by atoms with Gasteiger partial charge in [0.1, 0.15) is 0 Å². The first-order valence-corrected chi connectivity index (χ1v) is 6.05. The van der Waals surface area contributed by atoms with Gasteiger partial charge in [-0.05, 0) is 74.1 Å². The van der Waals surface area contributed by atoms with E-state index in [9.17, 15) is 0 Å². The molecule has 2 nitrogen and oxygen atoms in total. The van der Waals surface area contributed by atoms with E-state index in [-0.39, 0.29) is 0 Å². The highest BCUT2D eigenvalue weighted by Gasteiger charge is 2.12. The van der Waals surface area contributed by atoms with E-state index in [0.717, 1.165) is 6.54 Å². The van der Waals surface area contributed by atoms with Crippen LogP contribution < -0.4 is 0 Å². The van der Waals surface area contributed by atoms with Gasteiger partial charge in [0.15, 0.2) is 0 Å². The van der Waals surface area contributed by atoms with Crippen molar-refractivity contribution in [3.63, 3.8) is 0 Å². The predicted molar refractivity (Wildman–Crippen MR) is 71.5 cm³/mol. The van der Waals surface area contributed by atoms with Crippen LogP contribution in [0.25, 0.3) is 0 Å². The molecular weight excluding hydrogens is 208 g/mol. The Morgan fingerprint density at radius 2 is 1.41 bits per heavy atom. The smallest absolute Gasteiger partial charge is 0.0664 e. The maximum atomic E-state index is 4.29. The highest BCUT2D eigenvalue weighted by atomic mass is 15.3. The monoisotopic (exact) mass is 228 g/mol. The molecule has 17 heavy (non-hydrogen) atoms. The lowest BCUT2D eigenvalue weighted by molar-refractivity contribution is 0.679. The molecule has 2 heteroatoms. The molecule has 1 aromatic carbocycles. The Morgan fingerprint density at radius 3 is 1.88 bits per heavy atom. The standard InChI is InChI=1S/C15H20N2/c1-10-11(2)13(4)15(14(5)12(10)3)9-17-8-6-7-16-17/h6-8H,9H2,1-5H3. The van der Waals surface area contributed by atoms with Crippen LogP contribution in [0.5, 0.6) is 0 Å². The molecular formula is C15H20N2. The van der Waals surface area contributed by atoms with Crippen LogP contribution in [0.4, 0.5) is 0 Å². The average molecular weight is 228 g/mol. The van der Waals surface area contributed by atoms with Crippen LogP contribution >= 0.6 is 0 Å². The lowest BCUT2D eigenvalue weighted by Crippen LogP contribution is -2.08. The molecule has 1 heterocycles. The van der Waals surface area contributed by atoms with E-state index in [2.05, 4.69) is 39.7 Å². The van der Waals surface area contributed by atoms with E-state index in [1.165, 1.54) is 33.4 Å². The number of rotatable bonds is 2. The van der Waals surface area contributed by atoms with Crippen molar-refractivity contribution in [3.05, 3.63) is 51.8 Å². The summed E-state index contributed by atoms with van der Waals surface area (Å²) in [4.78, 5) is 0. The van der Waals surface area contributed by atoms with Crippen LogP contribution in [0.3, 0.4) is 0 Å². The molecule has 0 N–H and O–H groups in total. The van der Waals surface area contributed by atoms with Crippen molar-refractivity contribution in [2.45, 2.75) is 41.2 Å². The van der Waals surface area contributed by atoms with Gasteiger partial charge in [0, 0.05) is 12.4 Å². The molecule has 2 aromatic rings. The molecule has 0 bridgehead atoms. The largest absolute Gasteiger partial charge is 0.268 e. The fourth-order valence-corrected chi connectivity index (χ4v) is 2.37. The second-order valence-corrected chi connectivity index (χ2v) is 4.81. The molecule has 0 aliphatic rings. The van der Waals surface area contributed by atoms with Gasteiger partial charge in [0.05, 0.1) is 6.54 Å². The third-order valence-electron chi connectivity index (χ3n) is 4.03. The first kappa shape index (κ1) is 11.9. The summed E-state index contributed by atoms with van der Waals surface area (Å²) in [5, 5.41) is 4.29. The number of hydrogen-bond donors (Lipinski definition) is 0. The third kappa shape index (κ3) is 1.99. The lowest BCUT2D eigenvalue weighted by atomic mass is 9.89. The molecule has 0 amide bonds. The lowest BCUT2D eigenvalue weighted by Gasteiger charge is -2.18. The van der Waals surface area contributed by atoms with Crippen LogP contribution in [-0.4, -0.2) is 9.78 Å². The van der Waals surface area contributed by atoms with Gasteiger partial charge >= 0.3 is 0 Å². The zero-order chi connectivity index (χ0) is 12.6. The van der Waals surface area contributed by atoms with Gasteiger partial charge in [-0.25, -0.2) is 0 Å². The normalized spacial score (nSPS) is 10.9. The minimum Gasteiger partial charge on any atom is -0.268 e. The number of aromatic nitrogens is 2. The zero-order valence-electron chi connectivity index (χ0n) is 11.3. The summed E-state index contributed by atoms with van der Waals surface area (Å²) in [5.41, 5.74) is 8.46. The van der Waals surface area contributed by atoms with Gasteiger partial charge in [-0.2, -0.15) is 5.10 Å². The molecule has 0 aliphatic carbocycles. The molecule has 90 valence electrons. The van der Waals surface area contributed by atoms with Crippen LogP contribution in [0, 0.1) is 34.6 Å². The van der Waals surface area contributed by atoms with Crippen molar-refractivity contribution in [2.24, 2.45) is 0 Å². The quantitative estimate of drug-likeness (QED) is 0.769. The second kappa shape index (κ2) is 4.36. The summed E-state index contributed by atoms with van der Waals surface area (Å²) >= 11 is 0. The van der Waals surface area contributed by atoms with Crippen molar-refractivity contribution >= 4 is 0 Å². The van der Waals surface area contributed by atoms with Crippen LogP contribution in [-0.2, 0) is 6.54 Å². The van der Waals surface area contributed by atoms with Crippen molar-refractivity contribution in [2.75, 3.05) is 0 Å². The maximum absolute atomic E-state index is 4.29.